The van der Waals surface area contributed by atoms with Crippen LogP contribution in [0.3, 0.4) is 0 Å². The van der Waals surface area contributed by atoms with Crippen LogP contribution in [0.5, 0.6) is 5.75 Å². The molecule has 0 radical (unpaired) electrons. The van der Waals surface area contributed by atoms with Crippen molar-refractivity contribution in [1.29, 1.82) is 0 Å². The highest BCUT2D eigenvalue weighted by Crippen LogP contribution is 2.19. The molecule has 120 valence electrons. The molecule has 1 amide bonds. The van der Waals surface area contributed by atoms with Crippen LogP contribution in [0.15, 0.2) is 53.5 Å². The van der Waals surface area contributed by atoms with E-state index >= 15 is 0 Å². The highest BCUT2D eigenvalue weighted by atomic mass is 16.5. The number of fused-ring (bicyclic) bond motifs is 1. The van der Waals surface area contributed by atoms with E-state index in [9.17, 15) is 9.59 Å². The van der Waals surface area contributed by atoms with E-state index in [0.29, 0.717) is 13.2 Å². The number of hydrogen-bond donors (Lipinski definition) is 1. The summed E-state index contributed by atoms with van der Waals surface area (Å²) in [6.07, 6.45) is 11.3. The summed E-state index contributed by atoms with van der Waals surface area (Å²) in [5, 5.41) is 0. The SMILES string of the molecule is C=CCN1CNn2ccc(=O)c(OCC3=CCCC=C3)c2C1=O. The fourth-order valence-corrected chi connectivity index (χ4v) is 2.61. The Labute approximate surface area is 134 Å². The first-order valence-corrected chi connectivity index (χ1v) is 7.59. The maximum Gasteiger partial charge on any atom is 0.278 e. The van der Waals surface area contributed by atoms with Crippen molar-refractivity contribution in [2.24, 2.45) is 0 Å². The number of nitrogens with one attached hydrogen (secondary N) is 1. The summed E-state index contributed by atoms with van der Waals surface area (Å²) in [6.45, 7) is 4.68. The Hall–Kier alpha value is -2.76. The lowest BCUT2D eigenvalue weighted by atomic mass is 10.1. The van der Waals surface area contributed by atoms with Gasteiger partial charge in [-0.15, -0.1) is 6.58 Å². The van der Waals surface area contributed by atoms with Crippen LogP contribution < -0.4 is 15.6 Å². The molecule has 1 N–H and O–H groups in total. The van der Waals surface area contributed by atoms with Gasteiger partial charge in [-0.2, -0.15) is 0 Å². The van der Waals surface area contributed by atoms with E-state index in [0.717, 1.165) is 18.4 Å². The second-order valence-corrected chi connectivity index (χ2v) is 5.41. The average Bonchev–Trinajstić information content (AvgIpc) is 2.58. The van der Waals surface area contributed by atoms with Crippen LogP contribution in [0.25, 0.3) is 0 Å². The smallest absolute Gasteiger partial charge is 0.278 e. The van der Waals surface area contributed by atoms with Crippen LogP contribution in [0.2, 0.25) is 0 Å². The molecule has 6 nitrogen and oxygen atoms in total. The molecule has 23 heavy (non-hydrogen) atoms. The van der Waals surface area contributed by atoms with Gasteiger partial charge in [0.15, 0.2) is 11.4 Å². The lowest BCUT2D eigenvalue weighted by molar-refractivity contribution is 0.0740. The number of rotatable bonds is 5. The van der Waals surface area contributed by atoms with E-state index in [4.69, 9.17) is 4.74 Å². The molecular formula is C17H19N3O3. The summed E-state index contributed by atoms with van der Waals surface area (Å²) in [7, 11) is 0. The summed E-state index contributed by atoms with van der Waals surface area (Å²) in [5.74, 6) is -0.164. The summed E-state index contributed by atoms with van der Waals surface area (Å²) >= 11 is 0. The topological polar surface area (TPSA) is 63.6 Å². The van der Waals surface area contributed by atoms with Gasteiger partial charge in [0.1, 0.15) is 13.3 Å². The molecule has 0 bridgehead atoms. The normalized spacial score (nSPS) is 16.4. The summed E-state index contributed by atoms with van der Waals surface area (Å²) in [6, 6.07) is 1.40. The molecule has 1 aromatic rings. The van der Waals surface area contributed by atoms with E-state index in [-0.39, 0.29) is 29.4 Å². The molecule has 0 saturated carbocycles. The third-order valence-corrected chi connectivity index (χ3v) is 3.78. The zero-order valence-corrected chi connectivity index (χ0v) is 12.8. The average molecular weight is 313 g/mol. The van der Waals surface area contributed by atoms with Crippen LogP contribution in [0.4, 0.5) is 0 Å². The third-order valence-electron chi connectivity index (χ3n) is 3.78. The first-order chi connectivity index (χ1) is 11.2. The highest BCUT2D eigenvalue weighted by molar-refractivity contribution is 5.96. The number of carbonyl (C=O) groups excluding carboxylic acids is 1. The molecule has 1 aliphatic carbocycles. The molecule has 2 aliphatic rings. The van der Waals surface area contributed by atoms with Gasteiger partial charge in [-0.1, -0.05) is 24.3 Å². The van der Waals surface area contributed by atoms with Crippen molar-refractivity contribution in [3.8, 4) is 5.75 Å². The van der Waals surface area contributed by atoms with Gasteiger partial charge in [-0.05, 0) is 18.4 Å². The lowest BCUT2D eigenvalue weighted by Gasteiger charge is -2.31. The number of allylic oxidation sites excluding steroid dienone is 2. The monoisotopic (exact) mass is 313 g/mol. The second kappa shape index (κ2) is 6.56. The molecular weight excluding hydrogens is 294 g/mol. The summed E-state index contributed by atoms with van der Waals surface area (Å²) in [5.41, 5.74) is 4.00. The zero-order chi connectivity index (χ0) is 16.2. The molecule has 1 aromatic heterocycles. The molecule has 6 heteroatoms. The van der Waals surface area contributed by atoms with Gasteiger partial charge in [0.05, 0.1) is 0 Å². The minimum Gasteiger partial charge on any atom is -0.483 e. The Morgan fingerprint density at radius 1 is 1.35 bits per heavy atom. The van der Waals surface area contributed by atoms with Crippen LogP contribution in [0, 0.1) is 0 Å². The van der Waals surface area contributed by atoms with Gasteiger partial charge >= 0.3 is 0 Å². The van der Waals surface area contributed by atoms with Gasteiger partial charge in [0.25, 0.3) is 5.91 Å². The van der Waals surface area contributed by atoms with Crippen molar-refractivity contribution in [3.63, 3.8) is 0 Å². The molecule has 0 saturated heterocycles. The van der Waals surface area contributed by atoms with Gasteiger partial charge < -0.3 is 15.1 Å². The molecule has 0 fully saturated rings. The minimum atomic E-state index is -0.299. The van der Waals surface area contributed by atoms with E-state index in [2.05, 4.69) is 24.2 Å². The number of amides is 1. The number of ether oxygens (including phenoxy) is 1. The van der Waals surface area contributed by atoms with Crippen molar-refractivity contribution in [1.82, 2.24) is 9.58 Å². The Balaban J connectivity index is 1.89. The maximum absolute atomic E-state index is 12.6. The predicted molar refractivity (Wildman–Crippen MR) is 88.1 cm³/mol. The highest BCUT2D eigenvalue weighted by Gasteiger charge is 2.28. The molecule has 0 atom stereocenters. The molecule has 0 unspecified atom stereocenters. The van der Waals surface area contributed by atoms with Crippen molar-refractivity contribution >= 4 is 5.91 Å². The molecule has 0 spiro atoms. The summed E-state index contributed by atoms with van der Waals surface area (Å²) < 4.78 is 7.25. The number of aromatic nitrogens is 1. The Bertz CT molecular complexity index is 746. The zero-order valence-electron chi connectivity index (χ0n) is 12.8. The van der Waals surface area contributed by atoms with Crippen molar-refractivity contribution in [2.45, 2.75) is 12.8 Å². The number of pyridine rings is 1. The molecule has 0 aromatic carbocycles. The second-order valence-electron chi connectivity index (χ2n) is 5.41. The van der Waals surface area contributed by atoms with Crippen LogP contribution >= 0.6 is 0 Å². The van der Waals surface area contributed by atoms with Gasteiger partial charge in [-0.3, -0.25) is 14.3 Å². The standard InChI is InChI=1S/C17H19N3O3/c1-2-9-19-12-18-20-10-8-14(21)16(15(20)17(19)22)23-11-13-6-4-3-5-7-13/h2,4,6-8,10,18H,1,3,5,9,11-12H2. The number of carbonyl (C=O) groups is 1. The first kappa shape index (κ1) is 15.1. The van der Waals surface area contributed by atoms with Crippen LogP contribution in [-0.2, 0) is 0 Å². The Morgan fingerprint density at radius 2 is 2.22 bits per heavy atom. The molecule has 2 heterocycles. The predicted octanol–water partition coefficient (Wildman–Crippen LogP) is 1.65. The van der Waals surface area contributed by atoms with Crippen molar-refractivity contribution < 1.29 is 9.53 Å². The van der Waals surface area contributed by atoms with Crippen LogP contribution in [0.1, 0.15) is 23.3 Å². The largest absolute Gasteiger partial charge is 0.483 e. The Morgan fingerprint density at radius 3 is 2.96 bits per heavy atom. The van der Waals surface area contributed by atoms with Crippen LogP contribution in [-0.4, -0.2) is 35.3 Å². The van der Waals surface area contributed by atoms with E-state index in [1.54, 1.807) is 21.8 Å². The number of hydrogen-bond acceptors (Lipinski definition) is 4. The van der Waals surface area contributed by atoms with Crippen molar-refractivity contribution in [2.75, 3.05) is 25.2 Å². The number of nitrogens with zero attached hydrogens (tertiary/aromatic N) is 2. The van der Waals surface area contributed by atoms with Gasteiger partial charge in [0, 0.05) is 18.8 Å². The quantitative estimate of drug-likeness (QED) is 0.840. The fourth-order valence-electron chi connectivity index (χ4n) is 2.61. The first-order valence-electron chi connectivity index (χ1n) is 7.59. The molecule has 1 aliphatic heterocycles. The fraction of sp³-hybridized carbons (Fsp3) is 0.294. The van der Waals surface area contributed by atoms with Crippen molar-refractivity contribution in [3.05, 3.63) is 64.6 Å². The van der Waals surface area contributed by atoms with E-state index in [1.807, 2.05) is 6.08 Å². The Kier molecular flexibility index (Phi) is 4.32. The maximum atomic E-state index is 12.6. The van der Waals surface area contributed by atoms with E-state index in [1.165, 1.54) is 6.07 Å². The lowest BCUT2D eigenvalue weighted by Crippen LogP contribution is -2.46. The third kappa shape index (κ3) is 3.06. The van der Waals surface area contributed by atoms with Gasteiger partial charge in [-0.25, -0.2) is 0 Å². The van der Waals surface area contributed by atoms with Gasteiger partial charge in [0.2, 0.25) is 5.43 Å². The summed E-state index contributed by atoms with van der Waals surface area (Å²) in [4.78, 5) is 26.3. The van der Waals surface area contributed by atoms with E-state index < -0.39 is 0 Å². The minimum absolute atomic E-state index is 0.0821. The molecule has 3 rings (SSSR count).